The molecule has 1 aromatic rings. The van der Waals surface area contributed by atoms with Crippen molar-refractivity contribution in [1.82, 2.24) is 5.32 Å². The Hall–Kier alpha value is -0.650. The van der Waals surface area contributed by atoms with Crippen LogP contribution in [0.4, 0.5) is 0 Å². The molecular formula is C9H12BrNO3. The standard InChI is InChI=1S/C9H12BrNO3/c1-13-5-3-11-6-8(12)9-7(10)2-4-14-9/h2,4,11H,3,5-6H2,1H3. The predicted octanol–water partition coefficient (Wildman–Crippen LogP) is 1.46. The molecule has 1 aromatic heterocycles. The lowest BCUT2D eigenvalue weighted by Crippen LogP contribution is -2.26. The normalized spacial score (nSPS) is 10.4. The zero-order chi connectivity index (χ0) is 10.4. The van der Waals surface area contributed by atoms with Crippen molar-refractivity contribution in [2.45, 2.75) is 0 Å². The highest BCUT2D eigenvalue weighted by Crippen LogP contribution is 2.17. The van der Waals surface area contributed by atoms with Crippen molar-refractivity contribution in [2.75, 3.05) is 26.8 Å². The molecule has 0 fully saturated rings. The highest BCUT2D eigenvalue weighted by Gasteiger charge is 2.12. The minimum absolute atomic E-state index is 0.0713. The van der Waals surface area contributed by atoms with E-state index in [-0.39, 0.29) is 12.3 Å². The molecule has 5 heteroatoms. The SMILES string of the molecule is COCCNCC(=O)c1occc1Br. The second-order valence-electron chi connectivity index (χ2n) is 2.69. The first kappa shape index (κ1) is 11.4. The molecule has 0 saturated heterocycles. The van der Waals surface area contributed by atoms with Crippen LogP contribution in [-0.2, 0) is 4.74 Å². The third-order valence-electron chi connectivity index (χ3n) is 1.64. The van der Waals surface area contributed by atoms with Gasteiger partial charge in [0.05, 0.1) is 23.9 Å². The molecule has 0 saturated carbocycles. The van der Waals surface area contributed by atoms with Crippen LogP contribution in [0.1, 0.15) is 10.6 Å². The number of rotatable bonds is 6. The quantitative estimate of drug-likeness (QED) is 0.623. The van der Waals surface area contributed by atoms with Crippen LogP contribution in [0.5, 0.6) is 0 Å². The average molecular weight is 262 g/mol. The van der Waals surface area contributed by atoms with Gasteiger partial charge in [0.25, 0.3) is 0 Å². The van der Waals surface area contributed by atoms with Crippen LogP contribution in [0.3, 0.4) is 0 Å². The first-order chi connectivity index (χ1) is 6.75. The molecule has 0 unspecified atom stereocenters. The molecule has 0 aromatic carbocycles. The summed E-state index contributed by atoms with van der Waals surface area (Å²) in [6.45, 7) is 1.50. The lowest BCUT2D eigenvalue weighted by molar-refractivity contribution is 0.0960. The highest BCUT2D eigenvalue weighted by atomic mass is 79.9. The van der Waals surface area contributed by atoms with Gasteiger partial charge in [-0.15, -0.1) is 0 Å². The molecule has 1 rings (SSSR count). The van der Waals surface area contributed by atoms with Crippen molar-refractivity contribution in [2.24, 2.45) is 0 Å². The molecule has 0 atom stereocenters. The van der Waals surface area contributed by atoms with Crippen molar-refractivity contribution in [3.05, 3.63) is 22.6 Å². The molecule has 0 aliphatic carbocycles. The lowest BCUT2D eigenvalue weighted by Gasteiger charge is -2.01. The Morgan fingerprint density at radius 2 is 2.50 bits per heavy atom. The van der Waals surface area contributed by atoms with Gasteiger partial charge in [0.1, 0.15) is 0 Å². The smallest absolute Gasteiger partial charge is 0.212 e. The van der Waals surface area contributed by atoms with E-state index in [4.69, 9.17) is 9.15 Å². The highest BCUT2D eigenvalue weighted by molar-refractivity contribution is 9.10. The minimum atomic E-state index is -0.0713. The Labute approximate surface area is 90.7 Å². The third-order valence-corrected chi connectivity index (χ3v) is 2.26. The number of carbonyl (C=O) groups is 1. The van der Waals surface area contributed by atoms with E-state index in [9.17, 15) is 4.79 Å². The molecule has 0 spiro atoms. The topological polar surface area (TPSA) is 51.5 Å². The molecule has 0 aliphatic rings. The molecule has 78 valence electrons. The summed E-state index contributed by atoms with van der Waals surface area (Å²) in [6.07, 6.45) is 1.48. The van der Waals surface area contributed by atoms with Crippen LogP contribution >= 0.6 is 15.9 Å². The molecule has 1 heterocycles. The van der Waals surface area contributed by atoms with Gasteiger partial charge in [0.15, 0.2) is 5.76 Å². The van der Waals surface area contributed by atoms with Gasteiger partial charge in [0.2, 0.25) is 5.78 Å². The van der Waals surface area contributed by atoms with E-state index in [1.54, 1.807) is 13.2 Å². The minimum Gasteiger partial charge on any atom is -0.460 e. The number of halogens is 1. The number of methoxy groups -OCH3 is 1. The van der Waals surface area contributed by atoms with Crippen molar-refractivity contribution in [1.29, 1.82) is 0 Å². The van der Waals surface area contributed by atoms with Gasteiger partial charge >= 0.3 is 0 Å². The fourth-order valence-electron chi connectivity index (χ4n) is 0.949. The summed E-state index contributed by atoms with van der Waals surface area (Å²) in [7, 11) is 1.62. The number of ether oxygens (including phenoxy) is 1. The number of furan rings is 1. The maximum atomic E-state index is 11.5. The summed E-state index contributed by atoms with van der Waals surface area (Å²) in [6, 6.07) is 1.70. The van der Waals surface area contributed by atoms with Crippen molar-refractivity contribution < 1.29 is 13.9 Å². The van der Waals surface area contributed by atoms with Crippen LogP contribution < -0.4 is 5.32 Å². The van der Waals surface area contributed by atoms with Gasteiger partial charge in [-0.05, 0) is 22.0 Å². The van der Waals surface area contributed by atoms with E-state index in [1.165, 1.54) is 6.26 Å². The summed E-state index contributed by atoms with van der Waals surface area (Å²) in [5.74, 6) is 0.285. The summed E-state index contributed by atoms with van der Waals surface area (Å²) in [5.41, 5.74) is 0. The number of hydrogen-bond donors (Lipinski definition) is 1. The fourth-order valence-corrected chi connectivity index (χ4v) is 1.37. The van der Waals surface area contributed by atoms with Crippen molar-refractivity contribution in [3.8, 4) is 0 Å². The molecule has 0 radical (unpaired) electrons. The Bertz CT molecular complexity index is 298. The van der Waals surface area contributed by atoms with Gasteiger partial charge in [-0.3, -0.25) is 4.79 Å². The van der Waals surface area contributed by atoms with Crippen LogP contribution in [-0.4, -0.2) is 32.6 Å². The number of ketones is 1. The van der Waals surface area contributed by atoms with Gasteiger partial charge in [0, 0.05) is 13.7 Å². The largest absolute Gasteiger partial charge is 0.460 e. The van der Waals surface area contributed by atoms with Crippen LogP contribution in [0.15, 0.2) is 21.2 Å². The van der Waals surface area contributed by atoms with E-state index >= 15 is 0 Å². The average Bonchev–Trinajstić information content (AvgIpc) is 2.59. The summed E-state index contributed by atoms with van der Waals surface area (Å²) >= 11 is 3.22. The Morgan fingerprint density at radius 1 is 1.71 bits per heavy atom. The van der Waals surface area contributed by atoms with E-state index < -0.39 is 0 Å². The summed E-state index contributed by atoms with van der Waals surface area (Å²) < 4.78 is 10.5. The second-order valence-corrected chi connectivity index (χ2v) is 3.54. The Kier molecular flexibility index (Phi) is 4.86. The Balaban J connectivity index is 2.32. The molecule has 0 aliphatic heterocycles. The molecular weight excluding hydrogens is 250 g/mol. The van der Waals surface area contributed by atoms with E-state index in [0.717, 1.165) is 0 Å². The maximum Gasteiger partial charge on any atom is 0.212 e. The lowest BCUT2D eigenvalue weighted by atomic mass is 10.3. The second kappa shape index (κ2) is 5.95. The van der Waals surface area contributed by atoms with Crippen LogP contribution in [0.2, 0.25) is 0 Å². The van der Waals surface area contributed by atoms with Crippen molar-refractivity contribution >= 4 is 21.7 Å². The number of Topliss-reactive ketones (excluding diaryl/α,β-unsaturated/α-hetero) is 1. The van der Waals surface area contributed by atoms with Gasteiger partial charge in [-0.25, -0.2) is 0 Å². The summed E-state index contributed by atoms with van der Waals surface area (Å²) in [5, 5.41) is 2.95. The Morgan fingerprint density at radius 3 is 3.07 bits per heavy atom. The van der Waals surface area contributed by atoms with Gasteiger partial charge < -0.3 is 14.5 Å². The number of hydrogen-bond acceptors (Lipinski definition) is 4. The molecule has 4 nitrogen and oxygen atoms in total. The van der Waals surface area contributed by atoms with Crippen LogP contribution in [0.25, 0.3) is 0 Å². The van der Waals surface area contributed by atoms with Crippen molar-refractivity contribution in [3.63, 3.8) is 0 Å². The molecule has 14 heavy (non-hydrogen) atoms. The number of nitrogens with one attached hydrogen (secondary N) is 1. The van der Waals surface area contributed by atoms with Crippen LogP contribution in [0, 0.1) is 0 Å². The zero-order valence-electron chi connectivity index (χ0n) is 7.88. The van der Waals surface area contributed by atoms with Gasteiger partial charge in [-0.2, -0.15) is 0 Å². The molecule has 0 bridgehead atoms. The predicted molar refractivity (Wildman–Crippen MR) is 55.5 cm³/mol. The molecule has 1 N–H and O–H groups in total. The fraction of sp³-hybridized carbons (Fsp3) is 0.444. The van der Waals surface area contributed by atoms with Gasteiger partial charge in [-0.1, -0.05) is 0 Å². The first-order valence-corrected chi connectivity index (χ1v) is 5.01. The summed E-state index contributed by atoms with van der Waals surface area (Å²) in [4.78, 5) is 11.5. The number of carbonyl (C=O) groups excluding carboxylic acids is 1. The first-order valence-electron chi connectivity index (χ1n) is 4.21. The van der Waals surface area contributed by atoms with E-state index in [1.807, 2.05) is 0 Å². The molecule has 0 amide bonds. The zero-order valence-corrected chi connectivity index (χ0v) is 9.46. The third kappa shape index (κ3) is 3.25. The van der Waals surface area contributed by atoms with E-state index in [0.29, 0.717) is 23.4 Å². The van der Waals surface area contributed by atoms with E-state index in [2.05, 4.69) is 21.2 Å². The maximum absolute atomic E-state index is 11.5. The monoisotopic (exact) mass is 261 g/mol.